The van der Waals surface area contributed by atoms with Crippen molar-refractivity contribution in [3.63, 3.8) is 0 Å². The molecule has 1 N–H and O–H groups in total. The summed E-state index contributed by atoms with van der Waals surface area (Å²) in [5.41, 5.74) is 3.54. The first kappa shape index (κ1) is 17.9. The summed E-state index contributed by atoms with van der Waals surface area (Å²) in [5.74, 6) is -0.156. The van der Waals surface area contributed by atoms with E-state index in [1.165, 1.54) is 6.07 Å². The Morgan fingerprint density at radius 1 is 1.08 bits per heavy atom. The maximum Gasteiger partial charge on any atom is 0.336 e. The number of carbonyl (C=O) groups is 1. The highest BCUT2D eigenvalue weighted by atomic mass is 16.4. The molecule has 0 saturated carbocycles. The number of carbonyl (C=O) groups excluding carboxylic acids is 1. The molecule has 0 bridgehead atoms. The van der Waals surface area contributed by atoms with Gasteiger partial charge in [0.05, 0.1) is 0 Å². The number of amides is 1. The summed E-state index contributed by atoms with van der Waals surface area (Å²) in [7, 11) is 0. The van der Waals surface area contributed by atoms with Crippen LogP contribution < -0.4 is 10.9 Å². The van der Waals surface area contributed by atoms with Crippen LogP contribution in [-0.4, -0.2) is 5.91 Å². The van der Waals surface area contributed by atoms with Gasteiger partial charge < -0.3 is 9.73 Å². The van der Waals surface area contributed by atoms with E-state index in [0.717, 1.165) is 22.1 Å². The van der Waals surface area contributed by atoms with Crippen LogP contribution in [0.25, 0.3) is 11.0 Å². The number of benzene rings is 2. The van der Waals surface area contributed by atoms with Crippen molar-refractivity contribution in [2.45, 2.75) is 39.7 Å². The van der Waals surface area contributed by atoms with Gasteiger partial charge >= 0.3 is 5.63 Å². The van der Waals surface area contributed by atoms with Gasteiger partial charge in [-0.3, -0.25) is 4.79 Å². The van der Waals surface area contributed by atoms with Crippen LogP contribution in [0.5, 0.6) is 0 Å². The average molecular weight is 349 g/mol. The molecule has 0 aliphatic rings. The Morgan fingerprint density at radius 2 is 1.81 bits per heavy atom. The minimum Gasteiger partial charge on any atom is -0.423 e. The second-order valence-electron chi connectivity index (χ2n) is 7.55. The lowest BCUT2D eigenvalue weighted by atomic mass is 9.86. The Balaban J connectivity index is 1.95. The van der Waals surface area contributed by atoms with E-state index in [4.69, 9.17) is 4.42 Å². The fourth-order valence-corrected chi connectivity index (χ4v) is 2.94. The van der Waals surface area contributed by atoms with Crippen molar-refractivity contribution >= 4 is 16.9 Å². The third-order valence-electron chi connectivity index (χ3n) is 4.52. The predicted octanol–water partition coefficient (Wildman–Crippen LogP) is 4.33. The van der Waals surface area contributed by atoms with Crippen molar-refractivity contribution in [2.24, 2.45) is 0 Å². The molecule has 3 rings (SSSR count). The summed E-state index contributed by atoms with van der Waals surface area (Å²) in [6.45, 7) is 8.56. The summed E-state index contributed by atoms with van der Waals surface area (Å²) in [6.07, 6.45) is 0. The maximum atomic E-state index is 12.5. The molecule has 2 aromatic carbocycles. The molecule has 0 aliphatic carbocycles. The van der Waals surface area contributed by atoms with Gasteiger partial charge in [-0.05, 0) is 47.2 Å². The first-order valence-corrected chi connectivity index (χ1v) is 8.67. The Morgan fingerprint density at radius 3 is 2.50 bits per heavy atom. The van der Waals surface area contributed by atoms with Crippen LogP contribution in [0.4, 0.5) is 0 Å². The predicted molar refractivity (Wildman–Crippen MR) is 104 cm³/mol. The minimum absolute atomic E-state index is 0.0218. The fraction of sp³-hybridized carbons (Fsp3) is 0.273. The molecule has 134 valence electrons. The monoisotopic (exact) mass is 349 g/mol. The molecule has 26 heavy (non-hydrogen) atoms. The van der Waals surface area contributed by atoms with E-state index in [0.29, 0.717) is 11.1 Å². The summed E-state index contributed by atoms with van der Waals surface area (Å²) in [6, 6.07) is 14.7. The molecule has 1 amide bonds. The summed E-state index contributed by atoms with van der Waals surface area (Å²) in [4.78, 5) is 24.3. The number of rotatable bonds is 3. The zero-order valence-corrected chi connectivity index (χ0v) is 15.6. The fourth-order valence-electron chi connectivity index (χ4n) is 2.94. The highest BCUT2D eigenvalue weighted by Gasteiger charge is 2.16. The van der Waals surface area contributed by atoms with Gasteiger partial charge in [0, 0.05) is 23.6 Å². The van der Waals surface area contributed by atoms with Crippen LogP contribution in [0, 0.1) is 6.92 Å². The number of hydrogen-bond acceptors (Lipinski definition) is 3. The molecule has 0 fully saturated rings. The number of hydrogen-bond donors (Lipinski definition) is 1. The Bertz CT molecular complexity index is 1030. The Labute approximate surface area is 152 Å². The molecule has 4 heteroatoms. The molecular formula is C22H23NO3. The Hall–Kier alpha value is -2.88. The van der Waals surface area contributed by atoms with E-state index in [1.54, 1.807) is 6.07 Å². The molecule has 0 aliphatic heterocycles. The normalized spacial score (nSPS) is 11.5. The smallest absolute Gasteiger partial charge is 0.336 e. The molecule has 0 spiro atoms. The molecule has 0 atom stereocenters. The molecular weight excluding hydrogens is 326 g/mol. The lowest BCUT2D eigenvalue weighted by Gasteiger charge is -2.19. The van der Waals surface area contributed by atoms with Gasteiger partial charge in [0.25, 0.3) is 5.91 Å². The van der Waals surface area contributed by atoms with Gasteiger partial charge in [-0.2, -0.15) is 0 Å². The van der Waals surface area contributed by atoms with Gasteiger partial charge in [-0.15, -0.1) is 0 Å². The van der Waals surface area contributed by atoms with Crippen molar-refractivity contribution in [1.82, 2.24) is 5.32 Å². The van der Waals surface area contributed by atoms with Crippen LogP contribution in [0.1, 0.15) is 47.8 Å². The maximum absolute atomic E-state index is 12.5. The molecule has 0 saturated heterocycles. The minimum atomic E-state index is -0.416. The zero-order chi connectivity index (χ0) is 18.9. The molecule has 1 heterocycles. The van der Waals surface area contributed by atoms with Crippen LogP contribution >= 0.6 is 0 Å². The molecule has 3 aromatic rings. The van der Waals surface area contributed by atoms with Crippen LogP contribution in [0.3, 0.4) is 0 Å². The largest absolute Gasteiger partial charge is 0.423 e. The first-order valence-electron chi connectivity index (χ1n) is 8.67. The van der Waals surface area contributed by atoms with Gasteiger partial charge in [-0.1, -0.05) is 45.0 Å². The van der Waals surface area contributed by atoms with Crippen molar-refractivity contribution in [3.8, 4) is 0 Å². The van der Waals surface area contributed by atoms with Crippen LogP contribution in [-0.2, 0) is 12.0 Å². The van der Waals surface area contributed by atoms with E-state index in [1.807, 2.05) is 43.3 Å². The second kappa shape index (κ2) is 6.79. The van der Waals surface area contributed by atoms with Gasteiger partial charge in [-0.25, -0.2) is 4.79 Å². The average Bonchev–Trinajstić information content (AvgIpc) is 2.58. The van der Waals surface area contributed by atoms with Gasteiger partial charge in [0.2, 0.25) is 0 Å². The second-order valence-corrected chi connectivity index (χ2v) is 7.55. The zero-order valence-electron chi connectivity index (χ0n) is 15.6. The third-order valence-corrected chi connectivity index (χ3v) is 4.52. The summed E-state index contributed by atoms with van der Waals surface area (Å²) in [5, 5.41) is 3.76. The SMILES string of the molecule is Cc1ccccc1C(=O)NCc1cc(=O)oc2ccc(C(C)(C)C)cc12. The van der Waals surface area contributed by atoms with Crippen LogP contribution in [0.15, 0.2) is 57.7 Å². The van der Waals surface area contributed by atoms with E-state index in [2.05, 4.69) is 26.1 Å². The van der Waals surface area contributed by atoms with Crippen molar-refractivity contribution < 1.29 is 9.21 Å². The highest BCUT2D eigenvalue weighted by Crippen LogP contribution is 2.27. The molecule has 0 radical (unpaired) electrons. The van der Waals surface area contributed by atoms with Crippen molar-refractivity contribution in [1.29, 1.82) is 0 Å². The van der Waals surface area contributed by atoms with Crippen LogP contribution in [0.2, 0.25) is 0 Å². The van der Waals surface area contributed by atoms with E-state index < -0.39 is 5.63 Å². The Kier molecular flexibility index (Phi) is 4.68. The van der Waals surface area contributed by atoms with Gasteiger partial charge in [0.1, 0.15) is 5.58 Å². The number of nitrogens with one attached hydrogen (secondary N) is 1. The van der Waals surface area contributed by atoms with E-state index >= 15 is 0 Å². The molecule has 4 nitrogen and oxygen atoms in total. The van der Waals surface area contributed by atoms with Gasteiger partial charge in [0.15, 0.2) is 0 Å². The van der Waals surface area contributed by atoms with E-state index in [-0.39, 0.29) is 17.9 Å². The molecule has 1 aromatic heterocycles. The number of aryl methyl sites for hydroxylation is 1. The summed E-state index contributed by atoms with van der Waals surface area (Å²) < 4.78 is 5.31. The van der Waals surface area contributed by atoms with Crippen molar-refractivity contribution in [2.75, 3.05) is 0 Å². The lowest BCUT2D eigenvalue weighted by molar-refractivity contribution is 0.0950. The van der Waals surface area contributed by atoms with E-state index in [9.17, 15) is 9.59 Å². The third kappa shape index (κ3) is 3.69. The lowest BCUT2D eigenvalue weighted by Crippen LogP contribution is -2.24. The highest BCUT2D eigenvalue weighted by molar-refractivity contribution is 5.95. The molecule has 0 unspecified atom stereocenters. The number of fused-ring (bicyclic) bond motifs is 1. The summed E-state index contributed by atoms with van der Waals surface area (Å²) >= 11 is 0. The first-order chi connectivity index (χ1) is 12.3. The topological polar surface area (TPSA) is 59.3 Å². The van der Waals surface area contributed by atoms with Crippen molar-refractivity contribution in [3.05, 3.63) is 81.2 Å². The quantitative estimate of drug-likeness (QED) is 0.716. The standard InChI is InChI=1S/C22H23NO3/c1-14-7-5-6-8-17(14)21(25)23-13-15-11-20(24)26-19-10-9-16(12-18(15)19)22(2,3)4/h5-12H,13H2,1-4H3,(H,23,25).